The first kappa shape index (κ1) is 24.9. The fourth-order valence-corrected chi connectivity index (χ4v) is 4.90. The number of carbonyl (C=O) groups is 2. The quantitative estimate of drug-likeness (QED) is 0.613. The molecule has 0 bridgehead atoms. The van der Waals surface area contributed by atoms with E-state index in [1.165, 1.54) is 12.1 Å². The Morgan fingerprint density at radius 1 is 1.09 bits per heavy atom. The van der Waals surface area contributed by atoms with Crippen LogP contribution in [-0.4, -0.2) is 61.7 Å². The van der Waals surface area contributed by atoms with Crippen molar-refractivity contribution in [2.24, 2.45) is 0 Å². The van der Waals surface area contributed by atoms with Crippen LogP contribution in [0.5, 0.6) is 0 Å². The number of hydrogen-bond acceptors (Lipinski definition) is 6. The number of hydrogen-bond donors (Lipinski definition) is 2. The molecule has 2 N–H and O–H groups in total. The molecule has 178 valence electrons. The number of hydrazine groups is 1. The molecule has 8 nitrogen and oxygen atoms in total. The highest BCUT2D eigenvalue weighted by atomic mass is 32.2. The van der Waals surface area contributed by atoms with E-state index in [1.54, 1.807) is 43.3 Å². The summed E-state index contributed by atoms with van der Waals surface area (Å²) in [7, 11) is -1.32. The predicted octanol–water partition coefficient (Wildman–Crippen LogP) is 2.68. The first-order chi connectivity index (χ1) is 15.6. The van der Waals surface area contributed by atoms with Gasteiger partial charge in [-0.15, -0.1) is 0 Å². The molecular weight excluding hydrogens is 440 g/mol. The average Bonchev–Trinajstić information content (AvgIpc) is 3.12. The second-order valence-electron chi connectivity index (χ2n) is 8.30. The van der Waals surface area contributed by atoms with Gasteiger partial charge in [-0.25, -0.2) is 13.4 Å². The van der Waals surface area contributed by atoms with Crippen LogP contribution in [0.15, 0.2) is 53.4 Å². The molecule has 1 fully saturated rings. The van der Waals surface area contributed by atoms with Gasteiger partial charge in [-0.1, -0.05) is 19.1 Å². The molecule has 2 atom stereocenters. The van der Waals surface area contributed by atoms with Crippen molar-refractivity contribution in [3.8, 4) is 0 Å². The maximum Gasteiger partial charge on any atom is 0.255 e. The van der Waals surface area contributed by atoms with Crippen molar-refractivity contribution >= 4 is 27.3 Å². The SMILES string of the molecule is CCN(C(=O)c1ccc(NC(=O)Cc2ccc(S(=O)(=O)CC)cc2)cc1)C1CC(C)NN1C. The Labute approximate surface area is 195 Å². The van der Waals surface area contributed by atoms with Gasteiger partial charge >= 0.3 is 0 Å². The van der Waals surface area contributed by atoms with E-state index >= 15 is 0 Å². The van der Waals surface area contributed by atoms with Crippen molar-refractivity contribution in [2.45, 2.75) is 50.7 Å². The van der Waals surface area contributed by atoms with Crippen LogP contribution in [-0.2, 0) is 21.1 Å². The van der Waals surface area contributed by atoms with Gasteiger partial charge in [0.05, 0.1) is 23.2 Å². The second kappa shape index (κ2) is 10.5. The lowest BCUT2D eigenvalue weighted by Crippen LogP contribution is -2.48. The molecule has 2 aromatic carbocycles. The minimum atomic E-state index is -3.26. The molecule has 1 saturated heterocycles. The van der Waals surface area contributed by atoms with Gasteiger partial charge in [0.15, 0.2) is 9.84 Å². The first-order valence-electron chi connectivity index (χ1n) is 11.2. The third-order valence-electron chi connectivity index (χ3n) is 5.84. The maximum atomic E-state index is 13.1. The molecule has 33 heavy (non-hydrogen) atoms. The molecule has 0 spiro atoms. The summed E-state index contributed by atoms with van der Waals surface area (Å²) in [5.41, 5.74) is 5.19. The highest BCUT2D eigenvalue weighted by molar-refractivity contribution is 7.91. The van der Waals surface area contributed by atoms with E-state index in [0.717, 1.165) is 12.0 Å². The fraction of sp³-hybridized carbons (Fsp3) is 0.417. The van der Waals surface area contributed by atoms with Gasteiger partial charge in [0, 0.05) is 30.9 Å². The molecule has 9 heteroatoms. The minimum Gasteiger partial charge on any atom is -0.326 e. The standard InChI is InChI=1S/C24H32N4O4S/c1-5-28(23-15-17(3)26-27(23)4)24(30)19-9-11-20(12-10-19)25-22(29)16-18-7-13-21(14-8-18)33(31,32)6-2/h7-14,17,23,26H,5-6,15-16H2,1-4H3,(H,25,29). The molecule has 0 aliphatic carbocycles. The normalized spacial score (nSPS) is 18.8. The zero-order chi connectivity index (χ0) is 24.2. The largest absolute Gasteiger partial charge is 0.326 e. The lowest BCUT2D eigenvalue weighted by atomic mass is 10.1. The van der Waals surface area contributed by atoms with E-state index in [2.05, 4.69) is 17.7 Å². The Bertz CT molecular complexity index is 1080. The van der Waals surface area contributed by atoms with E-state index in [-0.39, 0.29) is 35.0 Å². The van der Waals surface area contributed by atoms with Crippen LogP contribution in [0.3, 0.4) is 0 Å². The summed E-state index contributed by atoms with van der Waals surface area (Å²) >= 11 is 0. The summed E-state index contributed by atoms with van der Waals surface area (Å²) in [4.78, 5) is 27.6. The molecular formula is C24H32N4O4S. The number of nitrogens with one attached hydrogen (secondary N) is 2. The van der Waals surface area contributed by atoms with E-state index in [9.17, 15) is 18.0 Å². The first-order valence-corrected chi connectivity index (χ1v) is 12.8. The maximum absolute atomic E-state index is 13.1. The molecule has 1 aliphatic heterocycles. The summed E-state index contributed by atoms with van der Waals surface area (Å²) in [5.74, 6) is -0.234. The third-order valence-corrected chi connectivity index (χ3v) is 7.59. The van der Waals surface area contributed by atoms with E-state index in [0.29, 0.717) is 23.8 Å². The van der Waals surface area contributed by atoms with Gasteiger partial charge in [0.25, 0.3) is 5.91 Å². The molecule has 2 amide bonds. The smallest absolute Gasteiger partial charge is 0.255 e. The van der Waals surface area contributed by atoms with Crippen molar-refractivity contribution < 1.29 is 18.0 Å². The zero-order valence-corrected chi connectivity index (χ0v) is 20.4. The highest BCUT2D eigenvalue weighted by Gasteiger charge is 2.33. The summed E-state index contributed by atoms with van der Waals surface area (Å²) in [6, 6.07) is 13.5. The topological polar surface area (TPSA) is 98.8 Å². The van der Waals surface area contributed by atoms with Crippen LogP contribution in [0.4, 0.5) is 5.69 Å². The van der Waals surface area contributed by atoms with Crippen molar-refractivity contribution in [1.82, 2.24) is 15.3 Å². The Hall–Kier alpha value is -2.75. The summed E-state index contributed by atoms with van der Waals surface area (Å²) in [6.45, 7) is 6.25. The molecule has 3 rings (SSSR count). The van der Waals surface area contributed by atoms with Crippen LogP contribution in [0.2, 0.25) is 0 Å². The number of sulfone groups is 1. The van der Waals surface area contributed by atoms with Crippen molar-refractivity contribution in [1.29, 1.82) is 0 Å². The Balaban J connectivity index is 1.61. The highest BCUT2D eigenvalue weighted by Crippen LogP contribution is 2.20. The molecule has 2 aromatic rings. The van der Waals surface area contributed by atoms with Gasteiger partial charge in [0.1, 0.15) is 0 Å². The molecule has 0 radical (unpaired) electrons. The number of carbonyl (C=O) groups excluding carboxylic acids is 2. The Morgan fingerprint density at radius 3 is 2.24 bits per heavy atom. The van der Waals surface area contributed by atoms with E-state index < -0.39 is 9.84 Å². The van der Waals surface area contributed by atoms with Crippen molar-refractivity contribution in [3.63, 3.8) is 0 Å². The van der Waals surface area contributed by atoms with Crippen LogP contribution < -0.4 is 10.7 Å². The molecule has 2 unspecified atom stereocenters. The van der Waals surface area contributed by atoms with Crippen LogP contribution >= 0.6 is 0 Å². The van der Waals surface area contributed by atoms with Crippen LogP contribution in [0, 0.1) is 0 Å². The van der Waals surface area contributed by atoms with Crippen molar-refractivity contribution in [2.75, 3.05) is 24.7 Å². The summed E-state index contributed by atoms with van der Waals surface area (Å²) < 4.78 is 23.8. The molecule has 0 aromatic heterocycles. The fourth-order valence-electron chi connectivity index (χ4n) is 4.02. The number of nitrogens with zero attached hydrogens (tertiary/aromatic N) is 2. The number of amides is 2. The Kier molecular flexibility index (Phi) is 7.88. The van der Waals surface area contributed by atoms with Gasteiger partial charge < -0.3 is 10.2 Å². The lowest BCUT2D eigenvalue weighted by Gasteiger charge is -2.32. The zero-order valence-electron chi connectivity index (χ0n) is 19.5. The Morgan fingerprint density at radius 2 is 1.73 bits per heavy atom. The van der Waals surface area contributed by atoms with Crippen LogP contribution in [0.1, 0.15) is 43.1 Å². The molecule has 0 saturated carbocycles. The van der Waals surface area contributed by atoms with Crippen molar-refractivity contribution in [3.05, 3.63) is 59.7 Å². The summed E-state index contributed by atoms with van der Waals surface area (Å²) in [6.07, 6.45) is 0.974. The monoisotopic (exact) mass is 472 g/mol. The van der Waals surface area contributed by atoms with Gasteiger partial charge in [-0.2, -0.15) is 0 Å². The number of benzene rings is 2. The van der Waals surface area contributed by atoms with Gasteiger partial charge in [0.2, 0.25) is 5.91 Å². The average molecular weight is 473 g/mol. The van der Waals surface area contributed by atoms with Crippen LogP contribution in [0.25, 0.3) is 0 Å². The third kappa shape index (κ3) is 5.98. The predicted molar refractivity (Wildman–Crippen MR) is 128 cm³/mol. The number of anilines is 1. The summed E-state index contributed by atoms with van der Waals surface area (Å²) in [5, 5.41) is 4.80. The lowest BCUT2D eigenvalue weighted by molar-refractivity contribution is -0.115. The second-order valence-corrected chi connectivity index (χ2v) is 10.6. The van der Waals surface area contributed by atoms with E-state index in [4.69, 9.17) is 0 Å². The van der Waals surface area contributed by atoms with Gasteiger partial charge in [-0.05, 0) is 62.2 Å². The van der Waals surface area contributed by atoms with Gasteiger partial charge in [-0.3, -0.25) is 15.0 Å². The molecule has 1 heterocycles. The van der Waals surface area contributed by atoms with E-state index in [1.807, 2.05) is 23.9 Å². The number of rotatable bonds is 8. The molecule has 1 aliphatic rings. The minimum absolute atomic E-state index is 0.00409.